The van der Waals surface area contributed by atoms with Crippen molar-refractivity contribution in [3.63, 3.8) is 0 Å². The SMILES string of the molecule is COCCCNC(=O)C1(C(=O)Nc2ccccc2Cl)CC1. The number of halogens is 1. The average molecular weight is 311 g/mol. The fourth-order valence-electron chi connectivity index (χ4n) is 2.07. The molecule has 2 amide bonds. The summed E-state index contributed by atoms with van der Waals surface area (Å²) in [5.41, 5.74) is -0.408. The predicted octanol–water partition coefficient (Wildman–Crippen LogP) is 2.21. The van der Waals surface area contributed by atoms with Gasteiger partial charge in [0.15, 0.2) is 0 Å². The Morgan fingerprint density at radius 2 is 2.00 bits per heavy atom. The molecule has 2 N–H and O–H groups in total. The van der Waals surface area contributed by atoms with Gasteiger partial charge in [-0.3, -0.25) is 9.59 Å². The second-order valence-corrected chi connectivity index (χ2v) is 5.53. The second-order valence-electron chi connectivity index (χ2n) is 5.12. The molecule has 0 heterocycles. The van der Waals surface area contributed by atoms with Crippen molar-refractivity contribution in [3.05, 3.63) is 29.3 Å². The smallest absolute Gasteiger partial charge is 0.240 e. The lowest BCUT2D eigenvalue weighted by molar-refractivity contribution is -0.134. The van der Waals surface area contributed by atoms with Crippen LogP contribution in [0.25, 0.3) is 0 Å². The van der Waals surface area contributed by atoms with Crippen molar-refractivity contribution in [1.82, 2.24) is 5.32 Å². The van der Waals surface area contributed by atoms with E-state index in [-0.39, 0.29) is 11.8 Å². The molecule has 1 aromatic carbocycles. The van der Waals surface area contributed by atoms with Gasteiger partial charge in [-0.15, -0.1) is 0 Å². The zero-order valence-electron chi connectivity index (χ0n) is 11.9. The van der Waals surface area contributed by atoms with Crippen molar-refractivity contribution < 1.29 is 14.3 Å². The van der Waals surface area contributed by atoms with Crippen LogP contribution in [0, 0.1) is 5.41 Å². The number of nitrogens with one attached hydrogen (secondary N) is 2. The summed E-state index contributed by atoms with van der Waals surface area (Å²) in [4.78, 5) is 24.5. The van der Waals surface area contributed by atoms with E-state index in [0.717, 1.165) is 6.42 Å². The summed E-state index contributed by atoms with van der Waals surface area (Å²) in [6, 6.07) is 6.98. The summed E-state index contributed by atoms with van der Waals surface area (Å²) in [6.07, 6.45) is 1.86. The van der Waals surface area contributed by atoms with Crippen LogP contribution in [0.2, 0.25) is 5.02 Å². The minimum Gasteiger partial charge on any atom is -0.385 e. The van der Waals surface area contributed by atoms with Crippen LogP contribution in [0.3, 0.4) is 0 Å². The van der Waals surface area contributed by atoms with Gasteiger partial charge in [-0.05, 0) is 31.4 Å². The fraction of sp³-hybridized carbons (Fsp3) is 0.467. The van der Waals surface area contributed by atoms with E-state index < -0.39 is 5.41 Å². The third kappa shape index (κ3) is 3.74. The number of hydrogen-bond donors (Lipinski definition) is 2. The predicted molar refractivity (Wildman–Crippen MR) is 81.3 cm³/mol. The van der Waals surface area contributed by atoms with Gasteiger partial charge in [0.05, 0.1) is 10.7 Å². The Kier molecular flexibility index (Phi) is 5.20. The summed E-state index contributed by atoms with van der Waals surface area (Å²) in [5, 5.41) is 5.99. The van der Waals surface area contributed by atoms with Crippen molar-refractivity contribution in [1.29, 1.82) is 0 Å². The minimum atomic E-state index is -0.938. The molecule has 0 aromatic heterocycles. The van der Waals surface area contributed by atoms with Crippen molar-refractivity contribution in [2.24, 2.45) is 5.41 Å². The van der Waals surface area contributed by atoms with Gasteiger partial charge in [0.2, 0.25) is 11.8 Å². The summed E-state index contributed by atoms with van der Waals surface area (Å²) < 4.78 is 4.92. The lowest BCUT2D eigenvalue weighted by Gasteiger charge is -2.16. The van der Waals surface area contributed by atoms with Crippen LogP contribution in [0.5, 0.6) is 0 Å². The third-order valence-corrected chi connectivity index (χ3v) is 3.88. The number of carbonyl (C=O) groups is 2. The molecule has 0 bridgehead atoms. The highest BCUT2D eigenvalue weighted by molar-refractivity contribution is 6.34. The zero-order valence-corrected chi connectivity index (χ0v) is 12.7. The van der Waals surface area contributed by atoms with Crippen LogP contribution < -0.4 is 10.6 Å². The number of benzene rings is 1. The maximum atomic E-state index is 12.3. The Balaban J connectivity index is 1.92. The quantitative estimate of drug-likeness (QED) is 0.599. The van der Waals surface area contributed by atoms with E-state index in [1.54, 1.807) is 31.4 Å². The summed E-state index contributed by atoms with van der Waals surface area (Å²) in [7, 11) is 1.61. The molecule has 1 aliphatic carbocycles. The molecule has 1 aliphatic rings. The molecule has 114 valence electrons. The maximum absolute atomic E-state index is 12.3. The summed E-state index contributed by atoms with van der Waals surface area (Å²) in [5.74, 6) is -0.511. The molecular weight excluding hydrogens is 292 g/mol. The number of carbonyl (C=O) groups excluding carboxylic acids is 2. The molecule has 0 aliphatic heterocycles. The molecule has 6 heteroatoms. The molecule has 0 saturated heterocycles. The number of hydrogen-bond acceptors (Lipinski definition) is 3. The topological polar surface area (TPSA) is 67.4 Å². The number of para-hydroxylation sites is 1. The fourth-order valence-corrected chi connectivity index (χ4v) is 2.26. The molecule has 21 heavy (non-hydrogen) atoms. The van der Waals surface area contributed by atoms with E-state index in [1.165, 1.54) is 0 Å². The van der Waals surface area contributed by atoms with E-state index in [2.05, 4.69) is 10.6 Å². The van der Waals surface area contributed by atoms with Crippen LogP contribution in [0.15, 0.2) is 24.3 Å². The Morgan fingerprint density at radius 3 is 2.62 bits per heavy atom. The highest BCUT2D eigenvalue weighted by Gasteiger charge is 2.56. The van der Waals surface area contributed by atoms with Crippen molar-refractivity contribution in [3.8, 4) is 0 Å². The Bertz CT molecular complexity index is 529. The molecule has 0 unspecified atom stereocenters. The standard InChI is InChI=1S/C15H19ClN2O3/c1-21-10-4-9-17-13(19)15(7-8-15)14(20)18-12-6-3-2-5-11(12)16/h2-3,5-6H,4,7-10H2,1H3,(H,17,19)(H,18,20). The Hall–Kier alpha value is -1.59. The minimum absolute atomic E-state index is 0.219. The van der Waals surface area contributed by atoms with Crippen molar-refractivity contribution in [2.45, 2.75) is 19.3 Å². The maximum Gasteiger partial charge on any atom is 0.240 e. The van der Waals surface area contributed by atoms with Crippen molar-refractivity contribution in [2.75, 3.05) is 25.6 Å². The number of rotatable bonds is 7. The first kappa shape index (κ1) is 15.8. The van der Waals surface area contributed by atoms with E-state index in [4.69, 9.17) is 16.3 Å². The Morgan fingerprint density at radius 1 is 1.29 bits per heavy atom. The first-order chi connectivity index (χ1) is 10.1. The van der Waals surface area contributed by atoms with Gasteiger partial charge >= 0.3 is 0 Å². The largest absolute Gasteiger partial charge is 0.385 e. The van der Waals surface area contributed by atoms with Gasteiger partial charge in [0.25, 0.3) is 0 Å². The van der Waals surface area contributed by atoms with Gasteiger partial charge in [-0.2, -0.15) is 0 Å². The molecule has 1 fully saturated rings. The highest BCUT2D eigenvalue weighted by Crippen LogP contribution is 2.47. The van der Waals surface area contributed by atoms with Gasteiger partial charge in [-0.25, -0.2) is 0 Å². The molecule has 0 atom stereocenters. The lowest BCUT2D eigenvalue weighted by Crippen LogP contribution is -2.40. The Labute approximate surface area is 129 Å². The van der Waals surface area contributed by atoms with E-state index in [9.17, 15) is 9.59 Å². The van der Waals surface area contributed by atoms with E-state index in [1.807, 2.05) is 0 Å². The molecule has 2 rings (SSSR count). The number of ether oxygens (including phenoxy) is 1. The number of methoxy groups -OCH3 is 1. The first-order valence-electron chi connectivity index (χ1n) is 6.93. The van der Waals surface area contributed by atoms with Crippen molar-refractivity contribution >= 4 is 29.1 Å². The first-order valence-corrected chi connectivity index (χ1v) is 7.31. The van der Waals surface area contributed by atoms with E-state index >= 15 is 0 Å². The zero-order chi connectivity index (χ0) is 15.3. The van der Waals surface area contributed by atoms with Gasteiger partial charge in [-0.1, -0.05) is 23.7 Å². The lowest BCUT2D eigenvalue weighted by atomic mass is 10.0. The monoisotopic (exact) mass is 310 g/mol. The van der Waals surface area contributed by atoms with Crippen LogP contribution in [0.1, 0.15) is 19.3 Å². The summed E-state index contributed by atoms with van der Waals surface area (Å²) in [6.45, 7) is 1.09. The number of amides is 2. The molecule has 0 radical (unpaired) electrons. The molecule has 1 saturated carbocycles. The number of anilines is 1. The second kappa shape index (κ2) is 6.91. The van der Waals surface area contributed by atoms with Gasteiger partial charge < -0.3 is 15.4 Å². The van der Waals surface area contributed by atoms with Crippen LogP contribution in [0.4, 0.5) is 5.69 Å². The molecule has 1 aromatic rings. The summed E-state index contributed by atoms with van der Waals surface area (Å²) >= 11 is 6.01. The molecule has 0 spiro atoms. The van der Waals surface area contributed by atoms with E-state index in [0.29, 0.717) is 36.7 Å². The van der Waals surface area contributed by atoms with Crippen LogP contribution >= 0.6 is 11.6 Å². The third-order valence-electron chi connectivity index (χ3n) is 3.55. The molecular formula is C15H19ClN2O3. The van der Waals surface area contributed by atoms with Crippen LogP contribution in [-0.4, -0.2) is 32.1 Å². The van der Waals surface area contributed by atoms with Gasteiger partial charge in [0.1, 0.15) is 5.41 Å². The van der Waals surface area contributed by atoms with Crippen LogP contribution in [-0.2, 0) is 14.3 Å². The average Bonchev–Trinajstić information content (AvgIpc) is 3.27. The normalized spacial score (nSPS) is 15.3. The highest BCUT2D eigenvalue weighted by atomic mass is 35.5. The van der Waals surface area contributed by atoms with Gasteiger partial charge in [0, 0.05) is 20.3 Å². The molecule has 5 nitrogen and oxygen atoms in total.